The quantitative estimate of drug-likeness (QED) is 0.837. The number of methoxy groups -OCH3 is 1. The Balaban J connectivity index is 2.94. The van der Waals surface area contributed by atoms with E-state index in [1.54, 1.807) is 7.11 Å². The molecule has 2 atom stereocenters. The summed E-state index contributed by atoms with van der Waals surface area (Å²) in [6.07, 6.45) is -0.580. The van der Waals surface area contributed by atoms with Crippen molar-refractivity contribution in [2.45, 2.75) is 39.9 Å². The predicted octanol–water partition coefficient (Wildman–Crippen LogP) is 1.84. The van der Waals surface area contributed by atoms with Gasteiger partial charge in [0.1, 0.15) is 12.2 Å². The Labute approximate surface area is 108 Å². The Bertz CT molecular complexity index is 356. The maximum absolute atomic E-state index is 5.70. The van der Waals surface area contributed by atoms with E-state index in [2.05, 4.69) is 30.9 Å². The first-order chi connectivity index (χ1) is 8.43. The van der Waals surface area contributed by atoms with Crippen LogP contribution in [0.3, 0.4) is 0 Å². The molecule has 0 saturated carbocycles. The molecule has 0 aliphatic carbocycles. The molecule has 104 valence electrons. The maximum Gasteiger partial charge on any atom is 0.257 e. The molecule has 6 nitrogen and oxygen atoms in total. The van der Waals surface area contributed by atoms with E-state index in [1.807, 2.05) is 6.92 Å². The van der Waals surface area contributed by atoms with Gasteiger partial charge in [0.05, 0.1) is 0 Å². The molecule has 0 aromatic carbocycles. The summed E-state index contributed by atoms with van der Waals surface area (Å²) in [5, 5.41) is 3.97. The minimum Gasteiger partial charge on any atom is -0.370 e. The molecule has 0 bridgehead atoms. The molecular formula is C12H23N3O3. The van der Waals surface area contributed by atoms with E-state index in [0.29, 0.717) is 24.9 Å². The highest BCUT2D eigenvalue weighted by atomic mass is 16.5. The predicted molar refractivity (Wildman–Crippen MR) is 66.9 cm³/mol. The van der Waals surface area contributed by atoms with Crippen molar-refractivity contribution in [1.82, 2.24) is 10.1 Å². The molecule has 0 radical (unpaired) electrons. The number of nitrogens with two attached hydrogens (primary N) is 1. The largest absolute Gasteiger partial charge is 0.370 e. The van der Waals surface area contributed by atoms with Gasteiger partial charge in [-0.1, -0.05) is 25.9 Å². The van der Waals surface area contributed by atoms with Gasteiger partial charge in [-0.2, -0.15) is 4.98 Å². The molecule has 0 aliphatic heterocycles. The third-order valence-corrected chi connectivity index (χ3v) is 2.59. The Morgan fingerprint density at radius 1 is 1.39 bits per heavy atom. The number of ether oxygens (including phenoxy) is 2. The summed E-state index contributed by atoms with van der Waals surface area (Å²) >= 11 is 0. The zero-order chi connectivity index (χ0) is 13.8. The minimum absolute atomic E-state index is 0.109. The molecule has 0 saturated heterocycles. The second-order valence-corrected chi connectivity index (χ2v) is 5.15. The molecule has 2 unspecified atom stereocenters. The summed E-state index contributed by atoms with van der Waals surface area (Å²) < 4.78 is 16.0. The van der Waals surface area contributed by atoms with Crippen LogP contribution < -0.4 is 5.73 Å². The fraction of sp³-hybridized carbons (Fsp3) is 0.833. The SMILES string of the molecule is CCOC(c1noc(C(CN)OC)n1)C(C)(C)C. The Hall–Kier alpha value is -0.980. The summed E-state index contributed by atoms with van der Waals surface area (Å²) in [6, 6.07) is 0. The molecule has 1 aromatic heterocycles. The average molecular weight is 257 g/mol. The van der Waals surface area contributed by atoms with Gasteiger partial charge in [0.2, 0.25) is 5.82 Å². The molecule has 1 rings (SSSR count). The van der Waals surface area contributed by atoms with E-state index in [9.17, 15) is 0 Å². The van der Waals surface area contributed by atoms with E-state index >= 15 is 0 Å². The van der Waals surface area contributed by atoms with Gasteiger partial charge in [0.25, 0.3) is 5.89 Å². The summed E-state index contributed by atoms with van der Waals surface area (Å²) in [5.74, 6) is 0.929. The van der Waals surface area contributed by atoms with Crippen molar-refractivity contribution < 1.29 is 14.0 Å². The molecule has 1 aromatic rings. The van der Waals surface area contributed by atoms with Gasteiger partial charge in [0, 0.05) is 20.3 Å². The van der Waals surface area contributed by atoms with E-state index in [0.717, 1.165) is 0 Å². The topological polar surface area (TPSA) is 83.4 Å². The van der Waals surface area contributed by atoms with Crippen molar-refractivity contribution in [3.05, 3.63) is 11.7 Å². The van der Waals surface area contributed by atoms with Crippen LogP contribution in [0.2, 0.25) is 0 Å². The molecule has 6 heteroatoms. The lowest BCUT2D eigenvalue weighted by atomic mass is 9.88. The van der Waals surface area contributed by atoms with Crippen LogP contribution in [0.5, 0.6) is 0 Å². The standard InChI is InChI=1S/C12H23N3O3/c1-6-17-9(12(2,3)4)10-14-11(18-15-10)8(7-13)16-5/h8-9H,6-7,13H2,1-5H3. The van der Waals surface area contributed by atoms with Crippen LogP contribution in [0.4, 0.5) is 0 Å². The van der Waals surface area contributed by atoms with Crippen molar-refractivity contribution in [3.63, 3.8) is 0 Å². The van der Waals surface area contributed by atoms with Crippen LogP contribution in [0.15, 0.2) is 4.52 Å². The summed E-state index contributed by atoms with van der Waals surface area (Å²) in [5.41, 5.74) is 5.45. The van der Waals surface area contributed by atoms with Crippen molar-refractivity contribution in [3.8, 4) is 0 Å². The van der Waals surface area contributed by atoms with Crippen molar-refractivity contribution in [1.29, 1.82) is 0 Å². The van der Waals surface area contributed by atoms with Gasteiger partial charge < -0.3 is 19.7 Å². The molecule has 0 fully saturated rings. The monoisotopic (exact) mass is 257 g/mol. The van der Waals surface area contributed by atoms with E-state index in [-0.39, 0.29) is 17.6 Å². The average Bonchev–Trinajstić information content (AvgIpc) is 2.75. The van der Waals surface area contributed by atoms with E-state index < -0.39 is 0 Å². The zero-order valence-corrected chi connectivity index (χ0v) is 11.8. The number of hydrogen-bond acceptors (Lipinski definition) is 6. The van der Waals surface area contributed by atoms with E-state index in [1.165, 1.54) is 0 Å². The van der Waals surface area contributed by atoms with Gasteiger partial charge in [-0.15, -0.1) is 0 Å². The van der Waals surface area contributed by atoms with Gasteiger partial charge in [0.15, 0.2) is 0 Å². The fourth-order valence-corrected chi connectivity index (χ4v) is 1.66. The second-order valence-electron chi connectivity index (χ2n) is 5.15. The fourth-order valence-electron chi connectivity index (χ4n) is 1.66. The number of aromatic nitrogens is 2. The van der Waals surface area contributed by atoms with Crippen LogP contribution in [0.25, 0.3) is 0 Å². The lowest BCUT2D eigenvalue weighted by Gasteiger charge is -2.27. The summed E-state index contributed by atoms with van der Waals surface area (Å²) in [6.45, 7) is 9.04. The highest BCUT2D eigenvalue weighted by Crippen LogP contribution is 2.34. The molecule has 18 heavy (non-hydrogen) atoms. The molecule has 1 heterocycles. The second kappa shape index (κ2) is 6.26. The van der Waals surface area contributed by atoms with Crippen molar-refractivity contribution in [2.75, 3.05) is 20.3 Å². The molecule has 2 N–H and O–H groups in total. The van der Waals surface area contributed by atoms with Gasteiger partial charge in [-0.25, -0.2) is 0 Å². The molecule has 0 spiro atoms. The smallest absolute Gasteiger partial charge is 0.257 e. The Morgan fingerprint density at radius 2 is 2.06 bits per heavy atom. The molecule has 0 amide bonds. The van der Waals surface area contributed by atoms with E-state index in [4.69, 9.17) is 19.7 Å². The first-order valence-corrected chi connectivity index (χ1v) is 6.12. The third kappa shape index (κ3) is 3.51. The minimum atomic E-state index is -0.367. The van der Waals surface area contributed by atoms with Crippen LogP contribution in [0.1, 0.15) is 51.6 Å². The lowest BCUT2D eigenvalue weighted by Crippen LogP contribution is -2.23. The maximum atomic E-state index is 5.70. The lowest BCUT2D eigenvalue weighted by molar-refractivity contribution is -0.0203. The first-order valence-electron chi connectivity index (χ1n) is 6.12. The Morgan fingerprint density at radius 3 is 2.50 bits per heavy atom. The van der Waals surface area contributed by atoms with Gasteiger partial charge in [-0.05, 0) is 12.3 Å². The summed E-state index contributed by atoms with van der Waals surface area (Å²) in [7, 11) is 1.56. The zero-order valence-electron chi connectivity index (χ0n) is 11.8. The highest BCUT2D eigenvalue weighted by molar-refractivity contribution is 4.98. The first kappa shape index (κ1) is 15.1. The summed E-state index contributed by atoms with van der Waals surface area (Å²) in [4.78, 5) is 4.33. The number of hydrogen-bond donors (Lipinski definition) is 1. The highest BCUT2D eigenvalue weighted by Gasteiger charge is 2.32. The molecular weight excluding hydrogens is 234 g/mol. The Kier molecular flexibility index (Phi) is 5.25. The van der Waals surface area contributed by atoms with Crippen LogP contribution in [-0.4, -0.2) is 30.4 Å². The number of rotatable bonds is 6. The molecule has 0 aliphatic rings. The van der Waals surface area contributed by atoms with Crippen molar-refractivity contribution >= 4 is 0 Å². The number of nitrogens with zero attached hydrogens (tertiary/aromatic N) is 2. The van der Waals surface area contributed by atoms with Gasteiger partial charge >= 0.3 is 0 Å². The van der Waals surface area contributed by atoms with Crippen LogP contribution in [-0.2, 0) is 9.47 Å². The van der Waals surface area contributed by atoms with Crippen LogP contribution in [0, 0.1) is 5.41 Å². The van der Waals surface area contributed by atoms with Gasteiger partial charge in [-0.3, -0.25) is 0 Å². The third-order valence-electron chi connectivity index (χ3n) is 2.59. The normalized spacial score (nSPS) is 15.7. The van der Waals surface area contributed by atoms with Crippen molar-refractivity contribution in [2.24, 2.45) is 11.1 Å². The van der Waals surface area contributed by atoms with Crippen LogP contribution >= 0.6 is 0 Å².